The molecular formula is C11H14N2O. The summed E-state index contributed by atoms with van der Waals surface area (Å²) in [6.07, 6.45) is 8.70. The molecule has 1 fully saturated rings. The van der Waals surface area contributed by atoms with E-state index in [1.807, 2.05) is 6.07 Å². The van der Waals surface area contributed by atoms with Gasteiger partial charge >= 0.3 is 0 Å². The van der Waals surface area contributed by atoms with Crippen molar-refractivity contribution in [3.05, 3.63) is 23.8 Å². The van der Waals surface area contributed by atoms with Crippen LogP contribution >= 0.6 is 0 Å². The lowest BCUT2D eigenvalue weighted by Gasteiger charge is -2.20. The van der Waals surface area contributed by atoms with Crippen LogP contribution < -0.4 is 0 Å². The second-order valence-electron chi connectivity index (χ2n) is 3.79. The van der Waals surface area contributed by atoms with Crippen LogP contribution in [0.5, 0.6) is 0 Å². The van der Waals surface area contributed by atoms with E-state index in [9.17, 15) is 4.79 Å². The molecule has 3 nitrogen and oxygen atoms in total. The van der Waals surface area contributed by atoms with Gasteiger partial charge in [-0.2, -0.15) is 0 Å². The van der Waals surface area contributed by atoms with Gasteiger partial charge in [0.2, 0.25) is 0 Å². The van der Waals surface area contributed by atoms with E-state index in [0.717, 1.165) is 5.69 Å². The van der Waals surface area contributed by atoms with Crippen molar-refractivity contribution in [1.29, 1.82) is 0 Å². The van der Waals surface area contributed by atoms with Crippen molar-refractivity contribution >= 4 is 6.29 Å². The SMILES string of the molecule is O=Cc1nccc(C2CCCCC2)n1. The van der Waals surface area contributed by atoms with Crippen molar-refractivity contribution in [2.24, 2.45) is 0 Å². The first-order valence-corrected chi connectivity index (χ1v) is 5.18. The summed E-state index contributed by atoms with van der Waals surface area (Å²) >= 11 is 0. The van der Waals surface area contributed by atoms with Gasteiger partial charge in [0.05, 0.1) is 0 Å². The maximum Gasteiger partial charge on any atom is 0.192 e. The Bertz CT molecular complexity index is 319. The first kappa shape index (κ1) is 9.31. The molecule has 1 aliphatic carbocycles. The number of carbonyl (C=O) groups is 1. The smallest absolute Gasteiger partial charge is 0.192 e. The maximum absolute atomic E-state index is 10.5. The second kappa shape index (κ2) is 4.31. The van der Waals surface area contributed by atoms with Gasteiger partial charge in [-0.3, -0.25) is 4.79 Å². The zero-order chi connectivity index (χ0) is 9.80. The normalized spacial score (nSPS) is 18.0. The van der Waals surface area contributed by atoms with Gasteiger partial charge in [0.25, 0.3) is 0 Å². The number of hydrogen-bond acceptors (Lipinski definition) is 3. The van der Waals surface area contributed by atoms with Crippen molar-refractivity contribution in [2.45, 2.75) is 38.0 Å². The quantitative estimate of drug-likeness (QED) is 0.672. The van der Waals surface area contributed by atoms with E-state index in [1.165, 1.54) is 32.1 Å². The fourth-order valence-electron chi connectivity index (χ4n) is 2.07. The van der Waals surface area contributed by atoms with E-state index in [1.54, 1.807) is 6.20 Å². The summed E-state index contributed by atoms with van der Waals surface area (Å²) in [5.74, 6) is 0.860. The van der Waals surface area contributed by atoms with Gasteiger partial charge in [-0.1, -0.05) is 19.3 Å². The molecule has 0 saturated heterocycles. The molecule has 0 radical (unpaired) electrons. The van der Waals surface area contributed by atoms with Crippen LogP contribution in [-0.2, 0) is 0 Å². The van der Waals surface area contributed by atoms with Gasteiger partial charge in [0.1, 0.15) is 0 Å². The predicted octanol–water partition coefficient (Wildman–Crippen LogP) is 2.34. The molecule has 1 aliphatic rings. The van der Waals surface area contributed by atoms with Crippen LogP contribution in [0.3, 0.4) is 0 Å². The minimum absolute atomic E-state index is 0.313. The summed E-state index contributed by atoms with van der Waals surface area (Å²) in [6.45, 7) is 0. The largest absolute Gasteiger partial charge is 0.294 e. The number of carbonyl (C=O) groups excluding carboxylic acids is 1. The third-order valence-corrected chi connectivity index (χ3v) is 2.82. The molecule has 0 N–H and O–H groups in total. The zero-order valence-electron chi connectivity index (χ0n) is 8.15. The Hall–Kier alpha value is -1.25. The lowest BCUT2D eigenvalue weighted by atomic mass is 9.87. The number of aldehydes is 1. The van der Waals surface area contributed by atoms with E-state index in [4.69, 9.17) is 0 Å². The third kappa shape index (κ3) is 1.97. The summed E-state index contributed by atoms with van der Waals surface area (Å²) in [6, 6.07) is 1.93. The Kier molecular flexibility index (Phi) is 2.87. The molecule has 2 rings (SSSR count). The van der Waals surface area contributed by atoms with Gasteiger partial charge in [0.15, 0.2) is 12.1 Å². The van der Waals surface area contributed by atoms with E-state index in [0.29, 0.717) is 18.0 Å². The standard InChI is InChI=1S/C11H14N2O/c14-8-11-12-7-6-10(13-11)9-4-2-1-3-5-9/h6-9H,1-5H2. The molecule has 0 amide bonds. The van der Waals surface area contributed by atoms with Crippen LogP contribution in [0.4, 0.5) is 0 Å². The monoisotopic (exact) mass is 190 g/mol. The molecule has 0 aliphatic heterocycles. The highest BCUT2D eigenvalue weighted by atomic mass is 16.1. The fourth-order valence-corrected chi connectivity index (χ4v) is 2.07. The number of aromatic nitrogens is 2. The molecule has 14 heavy (non-hydrogen) atoms. The van der Waals surface area contributed by atoms with Gasteiger partial charge in [-0.15, -0.1) is 0 Å². The zero-order valence-corrected chi connectivity index (χ0v) is 8.15. The molecule has 0 bridgehead atoms. The Morgan fingerprint density at radius 1 is 1.29 bits per heavy atom. The van der Waals surface area contributed by atoms with Crippen molar-refractivity contribution < 1.29 is 4.79 Å². The molecule has 0 aromatic carbocycles. The summed E-state index contributed by atoms with van der Waals surface area (Å²) in [7, 11) is 0. The highest BCUT2D eigenvalue weighted by molar-refractivity contribution is 5.68. The van der Waals surface area contributed by atoms with Crippen LogP contribution in [0.2, 0.25) is 0 Å². The minimum Gasteiger partial charge on any atom is -0.294 e. The topological polar surface area (TPSA) is 42.9 Å². The van der Waals surface area contributed by atoms with E-state index < -0.39 is 0 Å². The summed E-state index contributed by atoms with van der Waals surface area (Å²) < 4.78 is 0. The molecular weight excluding hydrogens is 176 g/mol. The Labute approximate surface area is 83.6 Å². The summed E-state index contributed by atoms with van der Waals surface area (Å²) in [4.78, 5) is 18.6. The Balaban J connectivity index is 2.17. The van der Waals surface area contributed by atoms with Gasteiger partial charge in [-0.25, -0.2) is 9.97 Å². The number of rotatable bonds is 2. The summed E-state index contributed by atoms with van der Waals surface area (Å²) in [5.41, 5.74) is 1.04. The molecule has 1 aromatic rings. The first-order chi connectivity index (χ1) is 6.90. The third-order valence-electron chi connectivity index (χ3n) is 2.82. The fraction of sp³-hybridized carbons (Fsp3) is 0.545. The molecule has 1 heterocycles. The van der Waals surface area contributed by atoms with E-state index >= 15 is 0 Å². The number of hydrogen-bond donors (Lipinski definition) is 0. The Morgan fingerprint density at radius 3 is 2.79 bits per heavy atom. The molecule has 0 spiro atoms. The molecule has 0 unspecified atom stereocenters. The lowest BCUT2D eigenvalue weighted by Crippen LogP contribution is -2.08. The van der Waals surface area contributed by atoms with Crippen LogP contribution in [0.1, 0.15) is 54.3 Å². The maximum atomic E-state index is 10.5. The van der Waals surface area contributed by atoms with Crippen LogP contribution in [0.15, 0.2) is 12.3 Å². The molecule has 0 atom stereocenters. The highest BCUT2D eigenvalue weighted by Crippen LogP contribution is 2.31. The molecule has 1 saturated carbocycles. The lowest BCUT2D eigenvalue weighted by molar-refractivity contribution is 0.111. The number of nitrogens with zero attached hydrogens (tertiary/aromatic N) is 2. The van der Waals surface area contributed by atoms with Crippen LogP contribution in [0, 0.1) is 0 Å². The Morgan fingerprint density at radius 2 is 2.07 bits per heavy atom. The highest BCUT2D eigenvalue weighted by Gasteiger charge is 2.16. The second-order valence-corrected chi connectivity index (χ2v) is 3.79. The predicted molar refractivity (Wildman–Crippen MR) is 53.2 cm³/mol. The van der Waals surface area contributed by atoms with Gasteiger partial charge in [-0.05, 0) is 18.9 Å². The summed E-state index contributed by atoms with van der Waals surface area (Å²) in [5, 5.41) is 0. The minimum atomic E-state index is 0.313. The average Bonchev–Trinajstić information content (AvgIpc) is 2.30. The molecule has 74 valence electrons. The average molecular weight is 190 g/mol. The van der Waals surface area contributed by atoms with Gasteiger partial charge < -0.3 is 0 Å². The van der Waals surface area contributed by atoms with Gasteiger partial charge in [0, 0.05) is 17.8 Å². The van der Waals surface area contributed by atoms with Crippen LogP contribution in [-0.4, -0.2) is 16.3 Å². The van der Waals surface area contributed by atoms with E-state index in [-0.39, 0.29) is 0 Å². The van der Waals surface area contributed by atoms with E-state index in [2.05, 4.69) is 9.97 Å². The molecule has 3 heteroatoms. The van der Waals surface area contributed by atoms with Crippen molar-refractivity contribution in [2.75, 3.05) is 0 Å². The van der Waals surface area contributed by atoms with Crippen molar-refractivity contribution in [3.8, 4) is 0 Å². The molecule has 1 aromatic heterocycles. The van der Waals surface area contributed by atoms with Crippen molar-refractivity contribution in [1.82, 2.24) is 9.97 Å². The van der Waals surface area contributed by atoms with Crippen LogP contribution in [0.25, 0.3) is 0 Å². The van der Waals surface area contributed by atoms with Crippen molar-refractivity contribution in [3.63, 3.8) is 0 Å². The first-order valence-electron chi connectivity index (χ1n) is 5.18.